The first kappa shape index (κ1) is 20.0. The van der Waals surface area contributed by atoms with Crippen LogP contribution in [0.15, 0.2) is 65.6 Å². The highest BCUT2D eigenvalue weighted by Gasteiger charge is 2.34. The lowest BCUT2D eigenvalue weighted by molar-refractivity contribution is -0.112. The molecule has 0 aliphatic carbocycles. The van der Waals surface area contributed by atoms with Crippen molar-refractivity contribution >= 4 is 66.5 Å². The molecule has 8 heteroatoms. The molecule has 0 aromatic heterocycles. The largest absolute Gasteiger partial charge is 0.279 e. The van der Waals surface area contributed by atoms with Crippen LogP contribution in [0.2, 0.25) is 10.0 Å². The summed E-state index contributed by atoms with van der Waals surface area (Å²) in [6.45, 7) is 1.44. The molecule has 4 nitrogen and oxygen atoms in total. The Labute approximate surface area is 172 Å². The van der Waals surface area contributed by atoms with E-state index >= 15 is 0 Å². The molecular formula is C19H14Cl3NO3S. The summed E-state index contributed by atoms with van der Waals surface area (Å²) in [6, 6.07) is 15.4. The Balaban J connectivity index is 2.28. The normalized spacial score (nSPS) is 12.7. The topological polar surface area (TPSA) is 54.5 Å². The van der Waals surface area contributed by atoms with Gasteiger partial charge in [0.15, 0.2) is 0 Å². The molecule has 0 aliphatic rings. The molecule has 0 saturated carbocycles. The van der Waals surface area contributed by atoms with Crippen LogP contribution in [0, 0.1) is 0 Å². The van der Waals surface area contributed by atoms with E-state index in [1.807, 2.05) is 18.2 Å². The van der Waals surface area contributed by atoms with Crippen molar-refractivity contribution in [3.05, 3.63) is 70.7 Å². The minimum atomic E-state index is -4.14. The van der Waals surface area contributed by atoms with Gasteiger partial charge in [-0.25, -0.2) is 8.42 Å². The van der Waals surface area contributed by atoms with Gasteiger partial charge in [-0.15, -0.1) is 0 Å². The van der Waals surface area contributed by atoms with Crippen molar-refractivity contribution in [2.24, 2.45) is 0 Å². The molecule has 0 spiro atoms. The first-order valence-corrected chi connectivity index (χ1v) is 10.5. The number of hydrogen-bond donors (Lipinski definition) is 0. The number of hydrogen-bond acceptors (Lipinski definition) is 3. The maximum atomic E-state index is 13.4. The molecule has 1 atom stereocenters. The summed E-state index contributed by atoms with van der Waals surface area (Å²) in [5.74, 6) is 0. The molecule has 0 N–H and O–H groups in total. The molecule has 3 aromatic carbocycles. The quantitative estimate of drug-likeness (QED) is 0.491. The summed E-state index contributed by atoms with van der Waals surface area (Å²) in [6.07, 6.45) is 0. The van der Waals surface area contributed by atoms with Crippen molar-refractivity contribution in [1.82, 2.24) is 0 Å². The van der Waals surface area contributed by atoms with Gasteiger partial charge in [0.1, 0.15) is 6.04 Å². The maximum Gasteiger partial charge on any atom is 0.265 e. The van der Waals surface area contributed by atoms with Gasteiger partial charge in [0.05, 0.1) is 20.6 Å². The third-order valence-corrected chi connectivity index (χ3v) is 7.07. The zero-order valence-electron chi connectivity index (χ0n) is 14.1. The minimum absolute atomic E-state index is 0.0883. The van der Waals surface area contributed by atoms with Crippen molar-refractivity contribution in [3.63, 3.8) is 0 Å². The molecule has 0 radical (unpaired) electrons. The Hall–Kier alpha value is -1.79. The maximum absolute atomic E-state index is 13.4. The summed E-state index contributed by atoms with van der Waals surface area (Å²) in [5, 5.41) is 1.03. The number of anilines is 1. The highest BCUT2D eigenvalue weighted by atomic mass is 35.5. The van der Waals surface area contributed by atoms with E-state index < -0.39 is 21.3 Å². The fourth-order valence-electron chi connectivity index (χ4n) is 2.79. The SMILES string of the molecule is CC(C(=O)Cl)N(c1cccc2ccccc12)S(=O)(=O)c1ccc(Cl)c(Cl)c1. The van der Waals surface area contributed by atoms with E-state index in [0.29, 0.717) is 11.1 Å². The number of carbonyl (C=O) groups is 1. The smallest absolute Gasteiger partial charge is 0.265 e. The molecule has 0 fully saturated rings. The highest BCUT2D eigenvalue weighted by molar-refractivity contribution is 7.93. The average Bonchev–Trinajstić information content (AvgIpc) is 2.64. The lowest BCUT2D eigenvalue weighted by Crippen LogP contribution is -2.42. The summed E-state index contributed by atoms with van der Waals surface area (Å²) in [7, 11) is -4.14. The molecule has 1 unspecified atom stereocenters. The number of sulfonamides is 1. The van der Waals surface area contributed by atoms with Crippen molar-refractivity contribution in [2.75, 3.05) is 4.31 Å². The summed E-state index contributed by atoms with van der Waals surface area (Å²) in [4.78, 5) is 11.8. The monoisotopic (exact) mass is 441 g/mol. The van der Waals surface area contributed by atoms with Crippen LogP contribution < -0.4 is 4.31 Å². The van der Waals surface area contributed by atoms with E-state index in [2.05, 4.69) is 0 Å². The van der Waals surface area contributed by atoms with Crippen LogP contribution in [-0.2, 0) is 14.8 Å². The average molecular weight is 443 g/mol. The molecular weight excluding hydrogens is 429 g/mol. The number of carbonyl (C=O) groups excluding carboxylic acids is 1. The van der Waals surface area contributed by atoms with Crippen molar-refractivity contribution < 1.29 is 13.2 Å². The van der Waals surface area contributed by atoms with Crippen LogP contribution in [0.5, 0.6) is 0 Å². The van der Waals surface area contributed by atoms with E-state index in [9.17, 15) is 13.2 Å². The highest BCUT2D eigenvalue weighted by Crippen LogP contribution is 2.34. The van der Waals surface area contributed by atoms with Crippen molar-refractivity contribution in [3.8, 4) is 0 Å². The van der Waals surface area contributed by atoms with Gasteiger partial charge in [-0.2, -0.15) is 0 Å². The van der Waals surface area contributed by atoms with E-state index in [4.69, 9.17) is 34.8 Å². The van der Waals surface area contributed by atoms with Crippen molar-refractivity contribution in [1.29, 1.82) is 0 Å². The van der Waals surface area contributed by atoms with Gasteiger partial charge in [-0.05, 0) is 48.2 Å². The van der Waals surface area contributed by atoms with Gasteiger partial charge in [-0.3, -0.25) is 9.10 Å². The van der Waals surface area contributed by atoms with Crippen LogP contribution in [0.25, 0.3) is 10.8 Å². The second kappa shape index (κ2) is 7.68. The summed E-state index contributed by atoms with van der Waals surface area (Å²) in [5.41, 5.74) is 0.348. The molecule has 0 heterocycles. The molecule has 27 heavy (non-hydrogen) atoms. The Bertz CT molecular complexity index is 1130. The van der Waals surface area contributed by atoms with Crippen LogP contribution in [0.1, 0.15) is 6.92 Å². The van der Waals surface area contributed by atoms with Crippen LogP contribution >= 0.6 is 34.8 Å². The first-order chi connectivity index (χ1) is 12.7. The zero-order chi connectivity index (χ0) is 19.8. The second-order valence-electron chi connectivity index (χ2n) is 5.86. The van der Waals surface area contributed by atoms with Gasteiger partial charge >= 0.3 is 0 Å². The van der Waals surface area contributed by atoms with E-state index in [1.165, 1.54) is 25.1 Å². The van der Waals surface area contributed by atoms with E-state index in [-0.39, 0.29) is 14.9 Å². The lowest BCUT2D eigenvalue weighted by Gasteiger charge is -2.29. The Morgan fingerprint density at radius 3 is 2.30 bits per heavy atom. The number of rotatable bonds is 5. The molecule has 3 rings (SSSR count). The Morgan fingerprint density at radius 2 is 1.63 bits per heavy atom. The van der Waals surface area contributed by atoms with Crippen LogP contribution in [0.4, 0.5) is 5.69 Å². The number of benzene rings is 3. The minimum Gasteiger partial charge on any atom is -0.279 e. The fraction of sp³-hybridized carbons (Fsp3) is 0.105. The molecule has 140 valence electrons. The number of fused-ring (bicyclic) bond motifs is 1. The Kier molecular flexibility index (Phi) is 5.68. The number of nitrogens with zero attached hydrogens (tertiary/aromatic N) is 1. The predicted octanol–water partition coefficient (Wildman–Crippen LogP) is 5.50. The van der Waals surface area contributed by atoms with Gasteiger partial charge in [0, 0.05) is 5.39 Å². The fourth-order valence-corrected chi connectivity index (χ4v) is 4.97. The third kappa shape index (κ3) is 3.78. The molecule has 0 bridgehead atoms. The second-order valence-corrected chi connectivity index (χ2v) is 8.86. The summed E-state index contributed by atoms with van der Waals surface area (Å²) < 4.78 is 27.8. The third-order valence-electron chi connectivity index (χ3n) is 4.13. The zero-order valence-corrected chi connectivity index (χ0v) is 17.1. The Morgan fingerprint density at radius 1 is 0.963 bits per heavy atom. The lowest BCUT2D eigenvalue weighted by atomic mass is 10.1. The van der Waals surface area contributed by atoms with Gasteiger partial charge < -0.3 is 0 Å². The van der Waals surface area contributed by atoms with Crippen LogP contribution in [0.3, 0.4) is 0 Å². The molecule has 0 aliphatic heterocycles. The standard InChI is InChI=1S/C19H14Cl3NO3S/c1-12(19(22)24)23(18-8-4-6-13-5-2-3-7-15(13)18)27(25,26)14-9-10-16(20)17(21)11-14/h2-12H,1H3. The molecule has 0 saturated heterocycles. The summed E-state index contributed by atoms with van der Waals surface area (Å²) >= 11 is 17.6. The number of halogens is 3. The molecule has 3 aromatic rings. The van der Waals surface area contributed by atoms with Gasteiger partial charge in [-0.1, -0.05) is 59.6 Å². The van der Waals surface area contributed by atoms with E-state index in [0.717, 1.165) is 9.69 Å². The molecule has 0 amide bonds. The van der Waals surface area contributed by atoms with E-state index in [1.54, 1.807) is 24.3 Å². The van der Waals surface area contributed by atoms with Crippen LogP contribution in [-0.4, -0.2) is 19.7 Å². The van der Waals surface area contributed by atoms with Gasteiger partial charge in [0.2, 0.25) is 5.24 Å². The first-order valence-electron chi connectivity index (χ1n) is 7.90. The predicted molar refractivity (Wildman–Crippen MR) is 110 cm³/mol. The van der Waals surface area contributed by atoms with Gasteiger partial charge in [0.25, 0.3) is 10.0 Å². The van der Waals surface area contributed by atoms with Crippen molar-refractivity contribution in [2.45, 2.75) is 17.9 Å².